The molecule has 0 bridgehead atoms. The lowest BCUT2D eigenvalue weighted by Gasteiger charge is -2.23. The first-order chi connectivity index (χ1) is 14.8. The third kappa shape index (κ3) is 5.26. The molecule has 0 unspecified atom stereocenters. The van der Waals surface area contributed by atoms with E-state index in [9.17, 15) is 13.2 Å². The normalized spacial score (nSPS) is 18.7. The van der Waals surface area contributed by atoms with E-state index in [0.717, 1.165) is 12.8 Å². The number of nitrogens with zero attached hydrogens (tertiary/aromatic N) is 1. The number of anilines is 2. The van der Waals surface area contributed by atoms with E-state index < -0.39 is 15.9 Å². The van der Waals surface area contributed by atoms with Crippen molar-refractivity contribution in [1.29, 1.82) is 0 Å². The molecule has 2 heterocycles. The summed E-state index contributed by atoms with van der Waals surface area (Å²) >= 11 is 12.5. The van der Waals surface area contributed by atoms with Gasteiger partial charge < -0.3 is 14.8 Å². The van der Waals surface area contributed by atoms with E-state index in [1.807, 2.05) is 0 Å². The Morgan fingerprint density at radius 3 is 2.61 bits per heavy atom. The first-order valence-corrected chi connectivity index (χ1v) is 12.3. The van der Waals surface area contributed by atoms with Gasteiger partial charge in [0.25, 0.3) is 5.91 Å². The summed E-state index contributed by atoms with van der Waals surface area (Å²) in [6.07, 6.45) is 2.15. The standard InChI is InChI=1S/C21H22Cl2N2O5S/c22-14-10-15(12-18(11-14)30-17-4-7-29-8-5-17)24-21(26)19-13-16(2-3-20(19)23)25-6-1-9-31(25,27)28/h2-3,10-13,17H,1,4-9H2,(H,24,26). The molecule has 31 heavy (non-hydrogen) atoms. The Hall–Kier alpha value is -2.00. The largest absolute Gasteiger partial charge is 0.490 e. The maximum Gasteiger partial charge on any atom is 0.257 e. The van der Waals surface area contributed by atoms with Crippen LogP contribution < -0.4 is 14.4 Å². The van der Waals surface area contributed by atoms with E-state index in [-0.39, 0.29) is 22.4 Å². The lowest BCUT2D eigenvalue weighted by atomic mass is 10.1. The van der Waals surface area contributed by atoms with Gasteiger partial charge in [0.15, 0.2) is 0 Å². The lowest BCUT2D eigenvalue weighted by Crippen LogP contribution is -2.26. The first-order valence-electron chi connectivity index (χ1n) is 9.98. The summed E-state index contributed by atoms with van der Waals surface area (Å²) in [5.74, 6) is 0.177. The Balaban J connectivity index is 1.53. The van der Waals surface area contributed by atoms with E-state index in [2.05, 4.69) is 5.32 Å². The number of ether oxygens (including phenoxy) is 2. The number of carbonyl (C=O) groups is 1. The summed E-state index contributed by atoms with van der Waals surface area (Å²) < 4.78 is 37.1. The predicted octanol–water partition coefficient (Wildman–Crippen LogP) is 4.34. The molecule has 166 valence electrons. The van der Waals surface area contributed by atoms with Crippen molar-refractivity contribution in [3.05, 3.63) is 52.0 Å². The molecule has 2 fully saturated rings. The third-order valence-electron chi connectivity index (χ3n) is 5.18. The van der Waals surface area contributed by atoms with Crippen LogP contribution in [0.5, 0.6) is 5.75 Å². The van der Waals surface area contributed by atoms with Crippen molar-refractivity contribution in [2.45, 2.75) is 25.4 Å². The van der Waals surface area contributed by atoms with Crippen LogP contribution in [-0.4, -0.2) is 45.9 Å². The smallest absolute Gasteiger partial charge is 0.257 e. The fourth-order valence-electron chi connectivity index (χ4n) is 3.66. The van der Waals surface area contributed by atoms with Gasteiger partial charge in [0, 0.05) is 36.2 Å². The Morgan fingerprint density at radius 1 is 1.13 bits per heavy atom. The minimum atomic E-state index is -3.36. The fourth-order valence-corrected chi connectivity index (χ4v) is 5.64. The van der Waals surface area contributed by atoms with Crippen LogP contribution in [-0.2, 0) is 14.8 Å². The molecule has 2 saturated heterocycles. The number of benzene rings is 2. The van der Waals surface area contributed by atoms with Gasteiger partial charge in [-0.2, -0.15) is 0 Å². The fraction of sp³-hybridized carbons (Fsp3) is 0.381. The van der Waals surface area contributed by atoms with Gasteiger partial charge in [0.2, 0.25) is 10.0 Å². The highest BCUT2D eigenvalue weighted by atomic mass is 35.5. The molecular weight excluding hydrogens is 463 g/mol. The van der Waals surface area contributed by atoms with Gasteiger partial charge in [0.05, 0.1) is 35.2 Å². The van der Waals surface area contributed by atoms with Gasteiger partial charge in [-0.1, -0.05) is 23.2 Å². The Labute approximate surface area is 191 Å². The molecule has 1 amide bonds. The molecule has 1 N–H and O–H groups in total. The topological polar surface area (TPSA) is 84.9 Å². The van der Waals surface area contributed by atoms with Crippen molar-refractivity contribution in [2.75, 3.05) is 35.1 Å². The van der Waals surface area contributed by atoms with Crippen LogP contribution >= 0.6 is 23.2 Å². The van der Waals surface area contributed by atoms with Crippen molar-refractivity contribution < 1.29 is 22.7 Å². The van der Waals surface area contributed by atoms with Crippen LogP contribution in [0.3, 0.4) is 0 Å². The number of halogens is 2. The average Bonchev–Trinajstić information content (AvgIpc) is 3.07. The van der Waals surface area contributed by atoms with E-state index >= 15 is 0 Å². The lowest BCUT2D eigenvalue weighted by molar-refractivity contribution is 0.0256. The second-order valence-electron chi connectivity index (χ2n) is 7.47. The number of rotatable bonds is 5. The van der Waals surface area contributed by atoms with Gasteiger partial charge in [-0.05, 0) is 36.8 Å². The maximum atomic E-state index is 12.9. The molecule has 2 aromatic rings. The minimum absolute atomic E-state index is 0.0318. The number of amides is 1. The molecule has 10 heteroatoms. The molecule has 0 atom stereocenters. The third-order valence-corrected chi connectivity index (χ3v) is 7.60. The second kappa shape index (κ2) is 9.24. The van der Waals surface area contributed by atoms with E-state index in [0.29, 0.717) is 48.3 Å². The first kappa shape index (κ1) is 22.2. The van der Waals surface area contributed by atoms with Gasteiger partial charge in [-0.15, -0.1) is 0 Å². The number of hydrogen-bond acceptors (Lipinski definition) is 5. The van der Waals surface area contributed by atoms with Crippen LogP contribution in [0.25, 0.3) is 0 Å². The van der Waals surface area contributed by atoms with Crippen molar-refractivity contribution in [3.63, 3.8) is 0 Å². The highest BCUT2D eigenvalue weighted by molar-refractivity contribution is 7.93. The summed E-state index contributed by atoms with van der Waals surface area (Å²) in [5.41, 5.74) is 1.05. The molecule has 0 aliphatic carbocycles. The van der Waals surface area contributed by atoms with Crippen molar-refractivity contribution >= 4 is 50.5 Å². The summed E-state index contributed by atoms with van der Waals surface area (Å²) in [6.45, 7) is 1.68. The zero-order valence-electron chi connectivity index (χ0n) is 16.6. The maximum absolute atomic E-state index is 12.9. The highest BCUT2D eigenvalue weighted by Crippen LogP contribution is 2.30. The van der Waals surface area contributed by atoms with Crippen LogP contribution in [0.2, 0.25) is 10.0 Å². The van der Waals surface area contributed by atoms with E-state index in [4.69, 9.17) is 32.7 Å². The molecular formula is C21H22Cl2N2O5S. The Bertz CT molecular complexity index is 1090. The molecule has 2 aromatic carbocycles. The van der Waals surface area contributed by atoms with Crippen molar-refractivity contribution in [1.82, 2.24) is 0 Å². The van der Waals surface area contributed by atoms with Gasteiger partial charge in [0.1, 0.15) is 11.9 Å². The SMILES string of the molecule is O=C(Nc1cc(Cl)cc(OC2CCOCC2)c1)c1cc(N2CCCS2(=O)=O)ccc1Cl. The molecule has 0 spiro atoms. The summed E-state index contributed by atoms with van der Waals surface area (Å²) in [4.78, 5) is 12.9. The van der Waals surface area contributed by atoms with Crippen molar-refractivity contribution in [3.8, 4) is 5.75 Å². The molecule has 0 aromatic heterocycles. The molecule has 2 aliphatic rings. The molecule has 7 nitrogen and oxygen atoms in total. The van der Waals surface area contributed by atoms with Gasteiger partial charge in [-0.3, -0.25) is 9.10 Å². The van der Waals surface area contributed by atoms with E-state index in [1.54, 1.807) is 24.3 Å². The zero-order chi connectivity index (χ0) is 22.0. The average molecular weight is 485 g/mol. The van der Waals surface area contributed by atoms with Crippen molar-refractivity contribution in [2.24, 2.45) is 0 Å². The predicted molar refractivity (Wildman–Crippen MR) is 121 cm³/mol. The highest BCUT2D eigenvalue weighted by Gasteiger charge is 2.29. The summed E-state index contributed by atoms with van der Waals surface area (Å²) in [5, 5.41) is 3.42. The number of hydrogen-bond donors (Lipinski definition) is 1. The van der Waals surface area contributed by atoms with Crippen LogP contribution in [0.4, 0.5) is 11.4 Å². The van der Waals surface area contributed by atoms with E-state index in [1.165, 1.54) is 16.4 Å². The summed E-state index contributed by atoms with van der Waals surface area (Å²) in [6, 6.07) is 9.61. The van der Waals surface area contributed by atoms with Gasteiger partial charge >= 0.3 is 0 Å². The quantitative estimate of drug-likeness (QED) is 0.681. The summed E-state index contributed by atoms with van der Waals surface area (Å²) in [7, 11) is -3.36. The molecule has 0 saturated carbocycles. The Kier molecular flexibility index (Phi) is 6.62. The second-order valence-corrected chi connectivity index (χ2v) is 10.3. The van der Waals surface area contributed by atoms with Crippen LogP contribution in [0.1, 0.15) is 29.6 Å². The molecule has 2 aliphatic heterocycles. The zero-order valence-corrected chi connectivity index (χ0v) is 19.0. The van der Waals surface area contributed by atoms with Crippen LogP contribution in [0, 0.1) is 0 Å². The van der Waals surface area contributed by atoms with Crippen LogP contribution in [0.15, 0.2) is 36.4 Å². The number of carbonyl (C=O) groups excluding carboxylic acids is 1. The minimum Gasteiger partial charge on any atom is -0.490 e. The monoisotopic (exact) mass is 484 g/mol. The van der Waals surface area contributed by atoms with Gasteiger partial charge in [-0.25, -0.2) is 8.42 Å². The Morgan fingerprint density at radius 2 is 1.90 bits per heavy atom. The molecule has 0 radical (unpaired) electrons. The molecule has 4 rings (SSSR count). The number of nitrogens with one attached hydrogen (secondary N) is 1. The number of sulfonamides is 1.